The van der Waals surface area contributed by atoms with Gasteiger partial charge >= 0.3 is 6.09 Å². The molecule has 0 radical (unpaired) electrons. The Morgan fingerprint density at radius 1 is 0.778 bits per heavy atom. The minimum atomic E-state index is -2.19. The van der Waals surface area contributed by atoms with Crippen LogP contribution in [0.3, 0.4) is 0 Å². The number of ether oxygens (including phenoxy) is 1. The van der Waals surface area contributed by atoms with Crippen LogP contribution in [0.25, 0.3) is 0 Å². The van der Waals surface area contributed by atoms with Crippen molar-refractivity contribution in [3.8, 4) is 0 Å². The molecular formula is C37H69NO5Si2. The van der Waals surface area contributed by atoms with Crippen molar-refractivity contribution in [1.82, 2.24) is 0 Å². The van der Waals surface area contributed by atoms with Gasteiger partial charge in [0.05, 0.1) is 12.2 Å². The third-order valence-corrected chi connectivity index (χ3v) is 19.1. The zero-order valence-electron chi connectivity index (χ0n) is 31.7. The number of allylic oxidation sites excluding steroid dienone is 4. The Morgan fingerprint density at radius 2 is 1.22 bits per heavy atom. The van der Waals surface area contributed by atoms with Crippen LogP contribution in [0.1, 0.15) is 89.5 Å². The lowest BCUT2D eigenvalue weighted by molar-refractivity contribution is -0.104. The van der Waals surface area contributed by atoms with E-state index in [1.165, 1.54) is 5.57 Å². The number of carbonyl (C=O) groups excluding carboxylic acids is 2. The molecule has 8 heteroatoms. The Morgan fingerprint density at radius 3 is 1.64 bits per heavy atom. The molecule has 0 saturated heterocycles. The van der Waals surface area contributed by atoms with Crippen LogP contribution in [0.15, 0.2) is 48.6 Å². The maximum atomic E-state index is 12.1. The highest BCUT2D eigenvalue weighted by Crippen LogP contribution is 2.42. The van der Waals surface area contributed by atoms with Crippen molar-refractivity contribution in [1.29, 1.82) is 0 Å². The summed E-state index contributed by atoms with van der Waals surface area (Å²) in [6.07, 6.45) is 11.7. The number of carbonyl (C=O) groups is 2. The maximum absolute atomic E-state index is 12.1. The Hall–Kier alpha value is -1.75. The third kappa shape index (κ3) is 13.9. The van der Waals surface area contributed by atoms with Gasteiger partial charge in [0.1, 0.15) is 12.4 Å². The number of nitrogens with two attached hydrogens (primary N) is 1. The molecule has 0 heterocycles. The quantitative estimate of drug-likeness (QED) is 0.0518. The molecular weight excluding hydrogens is 595 g/mol. The van der Waals surface area contributed by atoms with E-state index in [4.69, 9.17) is 19.3 Å². The van der Waals surface area contributed by atoms with Crippen LogP contribution < -0.4 is 5.73 Å². The summed E-state index contributed by atoms with van der Waals surface area (Å²) in [7, 11) is -4.26. The van der Waals surface area contributed by atoms with E-state index < -0.39 is 28.8 Å². The average Bonchev–Trinajstić information content (AvgIpc) is 2.88. The predicted molar refractivity (Wildman–Crippen MR) is 197 cm³/mol. The summed E-state index contributed by atoms with van der Waals surface area (Å²) < 4.78 is 19.9. The molecule has 8 atom stereocenters. The van der Waals surface area contributed by atoms with Gasteiger partial charge in [-0.05, 0) is 73.4 Å². The molecule has 0 aromatic carbocycles. The smallest absolute Gasteiger partial charge is 0.404 e. The van der Waals surface area contributed by atoms with Gasteiger partial charge in [0.2, 0.25) is 0 Å². The first kappa shape index (κ1) is 43.3. The van der Waals surface area contributed by atoms with E-state index >= 15 is 0 Å². The maximum Gasteiger partial charge on any atom is 0.404 e. The summed E-state index contributed by atoms with van der Waals surface area (Å²) in [5.41, 5.74) is 6.84. The predicted octanol–water partition coefficient (Wildman–Crippen LogP) is 10.2. The molecule has 0 aliphatic heterocycles. The highest BCUT2D eigenvalue weighted by molar-refractivity contribution is 6.74. The second kappa shape index (κ2) is 18.0. The molecule has 0 spiro atoms. The van der Waals surface area contributed by atoms with Gasteiger partial charge in [-0.2, -0.15) is 0 Å². The van der Waals surface area contributed by atoms with Crippen molar-refractivity contribution in [2.24, 2.45) is 35.3 Å². The molecule has 45 heavy (non-hydrogen) atoms. The molecule has 0 aromatic rings. The van der Waals surface area contributed by atoms with Gasteiger partial charge in [-0.3, -0.25) is 4.79 Å². The van der Waals surface area contributed by atoms with E-state index in [0.717, 1.165) is 12.7 Å². The van der Waals surface area contributed by atoms with E-state index in [-0.39, 0.29) is 51.9 Å². The van der Waals surface area contributed by atoms with Gasteiger partial charge in [-0.25, -0.2) is 4.79 Å². The fourth-order valence-corrected chi connectivity index (χ4v) is 8.36. The van der Waals surface area contributed by atoms with Crippen LogP contribution in [0.5, 0.6) is 0 Å². The zero-order chi connectivity index (χ0) is 35.6. The first-order chi connectivity index (χ1) is 20.3. The summed E-state index contributed by atoms with van der Waals surface area (Å²) in [5, 5.41) is 0.0796. The molecule has 8 unspecified atom stereocenters. The second-order valence-electron chi connectivity index (χ2n) is 16.4. The van der Waals surface area contributed by atoms with Crippen LogP contribution in [0, 0.1) is 29.6 Å². The van der Waals surface area contributed by atoms with Crippen molar-refractivity contribution in [3.63, 3.8) is 0 Å². The fourth-order valence-electron chi connectivity index (χ4n) is 5.41. The Bertz CT molecular complexity index is 1030. The lowest BCUT2D eigenvalue weighted by Gasteiger charge is -2.45. The Kier molecular flexibility index (Phi) is 17.3. The minimum Gasteiger partial charge on any atom is -0.445 e. The molecule has 0 aliphatic rings. The van der Waals surface area contributed by atoms with Crippen LogP contribution in [-0.2, 0) is 18.4 Å². The summed E-state index contributed by atoms with van der Waals surface area (Å²) in [6.45, 7) is 39.3. The highest BCUT2D eigenvalue weighted by atomic mass is 28.4. The van der Waals surface area contributed by atoms with Gasteiger partial charge in [-0.15, -0.1) is 0 Å². The van der Waals surface area contributed by atoms with Crippen molar-refractivity contribution in [2.45, 2.75) is 144 Å². The molecule has 0 fully saturated rings. The Labute approximate surface area is 279 Å². The van der Waals surface area contributed by atoms with Crippen LogP contribution in [0.4, 0.5) is 4.79 Å². The molecule has 0 aliphatic carbocycles. The lowest BCUT2D eigenvalue weighted by atomic mass is 9.81. The number of amides is 1. The van der Waals surface area contributed by atoms with Gasteiger partial charge in [0, 0.05) is 11.8 Å². The SMILES string of the molecule is C=C/C=C\C(C)C(OC(N)=O)C(C)C(O[Si](C)(C)C(C)(C)C)C(C)C/C(C)=C\C(C)C(O[Si](C)(C)C(C)(C)C)C(C)/C=C\C=O. The first-order valence-electron chi connectivity index (χ1n) is 16.7. The second-order valence-corrected chi connectivity index (χ2v) is 25.9. The van der Waals surface area contributed by atoms with Gasteiger partial charge in [0.25, 0.3) is 0 Å². The molecule has 260 valence electrons. The van der Waals surface area contributed by atoms with Crippen molar-refractivity contribution in [3.05, 3.63) is 48.6 Å². The van der Waals surface area contributed by atoms with Gasteiger partial charge in [0.15, 0.2) is 16.6 Å². The van der Waals surface area contributed by atoms with Crippen molar-refractivity contribution in [2.75, 3.05) is 0 Å². The van der Waals surface area contributed by atoms with Crippen LogP contribution in [-0.4, -0.2) is 47.3 Å². The highest BCUT2D eigenvalue weighted by Gasteiger charge is 2.44. The van der Waals surface area contributed by atoms with Crippen LogP contribution in [0.2, 0.25) is 36.3 Å². The van der Waals surface area contributed by atoms with E-state index in [9.17, 15) is 9.59 Å². The molecule has 0 rings (SSSR count). The minimum absolute atomic E-state index is 0.0119. The van der Waals surface area contributed by atoms with E-state index in [1.807, 2.05) is 25.2 Å². The number of primary amides is 1. The molecule has 0 bridgehead atoms. The fraction of sp³-hybridized carbons (Fsp3) is 0.730. The number of aldehydes is 1. The molecule has 0 saturated carbocycles. The molecule has 1 amide bonds. The van der Waals surface area contributed by atoms with Gasteiger partial charge < -0.3 is 19.3 Å². The van der Waals surface area contributed by atoms with Gasteiger partial charge in [-0.1, -0.05) is 119 Å². The van der Waals surface area contributed by atoms with Crippen LogP contribution >= 0.6 is 0 Å². The molecule has 6 nitrogen and oxygen atoms in total. The number of rotatable bonds is 18. The third-order valence-electron chi connectivity index (χ3n) is 10.1. The summed E-state index contributed by atoms with van der Waals surface area (Å²) in [5.74, 6) is 0.157. The normalized spacial score (nSPS) is 19.4. The Balaban J connectivity index is 6.61. The van der Waals surface area contributed by atoms with Crippen molar-refractivity contribution >= 4 is 29.0 Å². The monoisotopic (exact) mass is 663 g/mol. The van der Waals surface area contributed by atoms with E-state index in [1.54, 1.807) is 12.2 Å². The zero-order valence-corrected chi connectivity index (χ0v) is 33.7. The molecule has 2 N–H and O–H groups in total. The largest absolute Gasteiger partial charge is 0.445 e. The average molecular weight is 664 g/mol. The topological polar surface area (TPSA) is 87.8 Å². The van der Waals surface area contributed by atoms with E-state index in [0.29, 0.717) is 0 Å². The number of hydrogen-bond acceptors (Lipinski definition) is 5. The summed E-state index contributed by atoms with van der Waals surface area (Å²) in [4.78, 5) is 23.2. The van der Waals surface area contributed by atoms with E-state index in [2.05, 4.69) is 115 Å². The van der Waals surface area contributed by atoms with Crippen molar-refractivity contribution < 1.29 is 23.2 Å². The number of hydrogen-bond donors (Lipinski definition) is 1. The standard InChI is InChI=1S/C37H69NO5Si2/c1-18-19-21-28(4)33(41-35(38)40)31(7)34(43-45(16,17)37(11,12)13)30(6)25-26(2)24-29(5)32(27(3)22-20-23-39)42-44(14,15)36(8,9)10/h18-24,27-34H,1,25H2,2-17H3,(H2,38,40)/b21-19-,22-20-,26-24-. The first-order valence-corrected chi connectivity index (χ1v) is 22.5. The lowest BCUT2D eigenvalue weighted by Crippen LogP contribution is -2.50. The summed E-state index contributed by atoms with van der Waals surface area (Å²) in [6, 6.07) is 0. The summed E-state index contributed by atoms with van der Waals surface area (Å²) >= 11 is 0. The molecule has 0 aromatic heterocycles.